The zero-order valence-corrected chi connectivity index (χ0v) is 11.5. The number of rotatable bonds is 6. The van der Waals surface area contributed by atoms with E-state index in [9.17, 15) is 4.79 Å². The van der Waals surface area contributed by atoms with Crippen LogP contribution >= 0.6 is 0 Å². The highest BCUT2D eigenvalue weighted by molar-refractivity contribution is 5.76. The molecule has 0 fully saturated rings. The van der Waals surface area contributed by atoms with Crippen LogP contribution in [0.3, 0.4) is 0 Å². The van der Waals surface area contributed by atoms with Gasteiger partial charge in [0.05, 0.1) is 11.0 Å². The lowest BCUT2D eigenvalue weighted by Crippen LogP contribution is -2.11. The summed E-state index contributed by atoms with van der Waals surface area (Å²) < 4.78 is 2.20. The van der Waals surface area contributed by atoms with Crippen molar-refractivity contribution in [1.82, 2.24) is 9.55 Å². The van der Waals surface area contributed by atoms with Crippen molar-refractivity contribution >= 4 is 17.0 Å². The van der Waals surface area contributed by atoms with Gasteiger partial charge in [-0.1, -0.05) is 19.1 Å². The number of carbonyl (C=O) groups is 1. The highest BCUT2D eigenvalue weighted by atomic mass is 16.4. The van der Waals surface area contributed by atoms with Gasteiger partial charge < -0.3 is 9.67 Å². The van der Waals surface area contributed by atoms with E-state index in [2.05, 4.69) is 29.5 Å². The van der Waals surface area contributed by atoms with Crippen molar-refractivity contribution in [3.8, 4) is 0 Å². The van der Waals surface area contributed by atoms with Crippen molar-refractivity contribution in [2.24, 2.45) is 0 Å². The zero-order chi connectivity index (χ0) is 13.8. The van der Waals surface area contributed by atoms with Crippen molar-refractivity contribution in [2.45, 2.75) is 45.6 Å². The molecule has 0 spiro atoms. The maximum absolute atomic E-state index is 10.7. The number of carboxylic acid groups (broad SMARTS) is 1. The minimum absolute atomic E-state index is 0.157. The molecule has 1 aromatic carbocycles. The van der Waals surface area contributed by atoms with Gasteiger partial charge in [0.1, 0.15) is 5.82 Å². The summed E-state index contributed by atoms with van der Waals surface area (Å²) in [6.45, 7) is 4.20. The fraction of sp³-hybridized carbons (Fsp3) is 0.467. The predicted octanol–water partition coefficient (Wildman–Crippen LogP) is 3.41. The Morgan fingerprint density at radius 3 is 2.84 bits per heavy atom. The van der Waals surface area contributed by atoms with Crippen molar-refractivity contribution < 1.29 is 9.90 Å². The Morgan fingerprint density at radius 1 is 1.42 bits per heavy atom. The number of aryl methyl sites for hydroxylation is 1. The summed E-state index contributed by atoms with van der Waals surface area (Å²) in [7, 11) is 0. The summed E-state index contributed by atoms with van der Waals surface area (Å²) >= 11 is 0. The third-order valence-electron chi connectivity index (χ3n) is 3.36. The van der Waals surface area contributed by atoms with E-state index in [1.807, 2.05) is 18.2 Å². The van der Waals surface area contributed by atoms with Crippen LogP contribution in [0.15, 0.2) is 24.3 Å². The van der Waals surface area contributed by atoms with E-state index >= 15 is 0 Å². The molecular weight excluding hydrogens is 240 g/mol. The van der Waals surface area contributed by atoms with E-state index in [-0.39, 0.29) is 12.5 Å². The molecular formula is C15H20N2O2. The van der Waals surface area contributed by atoms with Crippen molar-refractivity contribution in [2.75, 3.05) is 0 Å². The van der Waals surface area contributed by atoms with Gasteiger partial charge in [0.25, 0.3) is 0 Å². The fourth-order valence-electron chi connectivity index (χ4n) is 2.45. The van der Waals surface area contributed by atoms with Crippen molar-refractivity contribution in [3.05, 3.63) is 30.1 Å². The SMILES string of the molecule is CCCc1nc2ccccc2n1C(C)CCC(=O)O. The summed E-state index contributed by atoms with van der Waals surface area (Å²) in [5, 5.41) is 8.82. The Hall–Kier alpha value is -1.84. The molecule has 4 heteroatoms. The standard InChI is InChI=1S/C15H20N2O2/c1-3-6-14-16-12-7-4-5-8-13(12)17(14)11(2)9-10-15(18)19/h4-5,7-8,11H,3,6,9-10H2,1-2H3,(H,18,19). The van der Waals surface area contributed by atoms with Crippen LogP contribution in [-0.4, -0.2) is 20.6 Å². The number of para-hydroxylation sites is 2. The van der Waals surface area contributed by atoms with Crippen LogP contribution in [0.2, 0.25) is 0 Å². The monoisotopic (exact) mass is 260 g/mol. The lowest BCUT2D eigenvalue weighted by Gasteiger charge is -2.16. The van der Waals surface area contributed by atoms with Crippen molar-refractivity contribution in [1.29, 1.82) is 0 Å². The number of nitrogens with zero attached hydrogens (tertiary/aromatic N) is 2. The average Bonchev–Trinajstić information content (AvgIpc) is 2.74. The van der Waals surface area contributed by atoms with Gasteiger partial charge >= 0.3 is 5.97 Å². The van der Waals surface area contributed by atoms with Gasteiger partial charge in [0.2, 0.25) is 0 Å². The van der Waals surface area contributed by atoms with Crippen LogP contribution in [0, 0.1) is 0 Å². The van der Waals surface area contributed by atoms with Crippen molar-refractivity contribution in [3.63, 3.8) is 0 Å². The van der Waals surface area contributed by atoms with E-state index in [0.29, 0.717) is 6.42 Å². The van der Waals surface area contributed by atoms with E-state index < -0.39 is 5.97 Å². The van der Waals surface area contributed by atoms with Gasteiger partial charge in [0, 0.05) is 18.9 Å². The maximum Gasteiger partial charge on any atom is 0.303 e. The number of benzene rings is 1. The molecule has 1 heterocycles. The number of fused-ring (bicyclic) bond motifs is 1. The predicted molar refractivity (Wildman–Crippen MR) is 75.3 cm³/mol. The molecule has 1 aromatic heterocycles. The minimum Gasteiger partial charge on any atom is -0.481 e. The summed E-state index contributed by atoms with van der Waals surface area (Å²) in [6, 6.07) is 8.20. The second-order valence-electron chi connectivity index (χ2n) is 4.92. The first kappa shape index (κ1) is 13.6. The van der Waals surface area contributed by atoms with E-state index in [1.54, 1.807) is 0 Å². The quantitative estimate of drug-likeness (QED) is 0.865. The molecule has 0 aliphatic carbocycles. The third kappa shape index (κ3) is 2.95. The molecule has 2 rings (SSSR count). The first-order chi connectivity index (χ1) is 9.13. The number of hydrogen-bond acceptors (Lipinski definition) is 2. The van der Waals surface area contributed by atoms with Gasteiger partial charge in [0.15, 0.2) is 0 Å². The zero-order valence-electron chi connectivity index (χ0n) is 11.5. The number of carboxylic acids is 1. The van der Waals surface area contributed by atoms with Crippen LogP contribution < -0.4 is 0 Å². The summed E-state index contributed by atoms with van der Waals surface area (Å²) in [4.78, 5) is 15.4. The Bertz CT molecular complexity index is 575. The minimum atomic E-state index is -0.742. The second-order valence-corrected chi connectivity index (χ2v) is 4.92. The number of aliphatic carboxylic acids is 1. The molecule has 2 aromatic rings. The topological polar surface area (TPSA) is 55.1 Å². The maximum atomic E-state index is 10.7. The molecule has 1 unspecified atom stereocenters. The Balaban J connectivity index is 2.37. The highest BCUT2D eigenvalue weighted by Gasteiger charge is 2.15. The molecule has 102 valence electrons. The lowest BCUT2D eigenvalue weighted by atomic mass is 10.1. The molecule has 0 saturated carbocycles. The second kappa shape index (κ2) is 5.87. The molecule has 0 aliphatic heterocycles. The number of aromatic nitrogens is 2. The van der Waals surface area contributed by atoms with Crippen LogP contribution in [-0.2, 0) is 11.2 Å². The number of hydrogen-bond donors (Lipinski definition) is 1. The van der Waals surface area contributed by atoms with Gasteiger partial charge in [-0.2, -0.15) is 0 Å². The lowest BCUT2D eigenvalue weighted by molar-refractivity contribution is -0.137. The first-order valence-electron chi connectivity index (χ1n) is 6.81. The molecule has 0 bridgehead atoms. The summed E-state index contributed by atoms with van der Waals surface area (Å²) in [5.74, 6) is 0.315. The molecule has 0 amide bonds. The fourth-order valence-corrected chi connectivity index (χ4v) is 2.45. The molecule has 1 atom stereocenters. The summed E-state index contributed by atoms with van der Waals surface area (Å²) in [6.07, 6.45) is 2.78. The molecule has 1 N–H and O–H groups in total. The van der Waals surface area contributed by atoms with Crippen LogP contribution in [0.25, 0.3) is 11.0 Å². The molecule has 0 aliphatic rings. The van der Waals surface area contributed by atoms with Gasteiger partial charge in [-0.05, 0) is 31.9 Å². The smallest absolute Gasteiger partial charge is 0.303 e. The first-order valence-corrected chi connectivity index (χ1v) is 6.81. The molecule has 19 heavy (non-hydrogen) atoms. The van der Waals surface area contributed by atoms with Crippen LogP contribution in [0.5, 0.6) is 0 Å². The van der Waals surface area contributed by atoms with Gasteiger partial charge in [-0.15, -0.1) is 0 Å². The van der Waals surface area contributed by atoms with E-state index in [0.717, 1.165) is 29.7 Å². The molecule has 0 radical (unpaired) electrons. The Kier molecular flexibility index (Phi) is 4.20. The normalized spacial score (nSPS) is 12.7. The Labute approximate surface area is 113 Å². The highest BCUT2D eigenvalue weighted by Crippen LogP contribution is 2.24. The third-order valence-corrected chi connectivity index (χ3v) is 3.36. The Morgan fingerprint density at radius 2 is 2.16 bits per heavy atom. The van der Waals surface area contributed by atoms with Crippen LogP contribution in [0.1, 0.15) is 45.0 Å². The summed E-state index contributed by atoms with van der Waals surface area (Å²) in [5.41, 5.74) is 2.09. The number of imidazole rings is 1. The van der Waals surface area contributed by atoms with Crippen LogP contribution in [0.4, 0.5) is 0 Å². The van der Waals surface area contributed by atoms with E-state index in [4.69, 9.17) is 5.11 Å². The average molecular weight is 260 g/mol. The molecule has 0 saturated heterocycles. The molecule has 4 nitrogen and oxygen atoms in total. The van der Waals surface area contributed by atoms with Gasteiger partial charge in [-0.25, -0.2) is 4.98 Å². The van der Waals surface area contributed by atoms with E-state index in [1.165, 1.54) is 0 Å². The van der Waals surface area contributed by atoms with Gasteiger partial charge in [-0.3, -0.25) is 4.79 Å². The largest absolute Gasteiger partial charge is 0.481 e.